The van der Waals surface area contributed by atoms with Gasteiger partial charge in [-0.15, -0.1) is 0 Å². The molecular weight excluding hydrogens is 374 g/mol. The van der Waals surface area contributed by atoms with E-state index in [0.717, 1.165) is 0 Å². The van der Waals surface area contributed by atoms with Crippen molar-refractivity contribution in [2.24, 2.45) is 5.10 Å². The van der Waals surface area contributed by atoms with E-state index in [9.17, 15) is 23.4 Å². The quantitative estimate of drug-likeness (QED) is 0.456. The summed E-state index contributed by atoms with van der Waals surface area (Å²) in [5, 5.41) is 23.6. The number of benzene rings is 2. The van der Waals surface area contributed by atoms with E-state index in [1.54, 1.807) is 12.1 Å². The van der Waals surface area contributed by atoms with Crippen LogP contribution in [0.2, 0.25) is 0 Å². The molecule has 0 unspecified atom stereocenters. The highest BCUT2D eigenvalue weighted by atomic mass is 32.2. The van der Waals surface area contributed by atoms with Gasteiger partial charge in [-0.3, -0.25) is 9.52 Å². The molecule has 1 aliphatic heterocycles. The van der Waals surface area contributed by atoms with E-state index in [1.807, 2.05) is 4.72 Å². The van der Waals surface area contributed by atoms with E-state index < -0.39 is 27.4 Å². The van der Waals surface area contributed by atoms with Crippen molar-refractivity contribution in [3.05, 3.63) is 59.3 Å². The van der Waals surface area contributed by atoms with E-state index in [2.05, 4.69) is 10.5 Å². The number of hydrogen-bond acceptors (Lipinski definition) is 7. The predicted molar refractivity (Wildman–Crippen MR) is 96.7 cm³/mol. The van der Waals surface area contributed by atoms with Crippen LogP contribution in [-0.4, -0.2) is 37.9 Å². The second-order valence-electron chi connectivity index (χ2n) is 5.46. The molecule has 0 saturated heterocycles. The second kappa shape index (κ2) is 7.00. The Morgan fingerprint density at radius 3 is 2.67 bits per heavy atom. The molecule has 0 atom stereocenters. The third-order valence-corrected chi connectivity index (χ3v) is 5.12. The van der Waals surface area contributed by atoms with Crippen LogP contribution in [0.15, 0.2) is 58.2 Å². The molecule has 0 aromatic heterocycles. The molecule has 9 nitrogen and oxygen atoms in total. The first-order chi connectivity index (χ1) is 12.8. The number of nitrogens with one attached hydrogen (secondary N) is 2. The summed E-state index contributed by atoms with van der Waals surface area (Å²) in [5.41, 5.74) is 2.06. The number of hydrogen-bond donors (Lipinski definition) is 4. The molecule has 0 radical (unpaired) electrons. The van der Waals surface area contributed by atoms with Crippen molar-refractivity contribution in [3.8, 4) is 11.5 Å². The van der Waals surface area contributed by atoms with E-state index >= 15 is 0 Å². The lowest BCUT2D eigenvalue weighted by molar-refractivity contribution is -0.117. The number of fused-ring (bicyclic) bond motifs is 1. The number of rotatable bonds is 4. The first-order valence-corrected chi connectivity index (χ1v) is 9.07. The van der Waals surface area contributed by atoms with Gasteiger partial charge in [0.15, 0.2) is 23.0 Å². The summed E-state index contributed by atoms with van der Waals surface area (Å²) < 4.78 is 31.4. The number of nitrogens with zero attached hydrogens (tertiary/aromatic N) is 1. The number of hydrazone groups is 1. The number of carbonyl (C=O) groups is 1. The Morgan fingerprint density at radius 2 is 1.96 bits per heavy atom. The third kappa shape index (κ3) is 3.55. The molecule has 140 valence electrons. The van der Waals surface area contributed by atoms with Gasteiger partial charge in [0.05, 0.1) is 18.2 Å². The Hall–Kier alpha value is -3.53. The van der Waals surface area contributed by atoms with E-state index in [4.69, 9.17) is 4.74 Å². The number of aliphatic hydroxyl groups is 1. The van der Waals surface area contributed by atoms with Gasteiger partial charge in [-0.05, 0) is 35.9 Å². The fourth-order valence-electron chi connectivity index (χ4n) is 2.43. The summed E-state index contributed by atoms with van der Waals surface area (Å²) in [6.07, 6.45) is 1.24. The predicted octanol–water partition coefficient (Wildman–Crippen LogP) is 1.07. The van der Waals surface area contributed by atoms with E-state index in [0.29, 0.717) is 5.56 Å². The highest BCUT2D eigenvalue weighted by molar-refractivity contribution is 7.89. The zero-order valence-electron chi connectivity index (χ0n) is 14.0. The van der Waals surface area contributed by atoms with Crippen molar-refractivity contribution in [1.82, 2.24) is 10.1 Å². The molecule has 0 aliphatic carbocycles. The van der Waals surface area contributed by atoms with E-state index in [-0.39, 0.29) is 22.0 Å². The lowest BCUT2D eigenvalue weighted by atomic mass is 10.1. The van der Waals surface area contributed by atoms with Gasteiger partial charge in [-0.1, -0.05) is 12.1 Å². The average Bonchev–Trinajstić information content (AvgIpc) is 2.65. The molecule has 0 fully saturated rings. The Morgan fingerprint density at radius 1 is 1.22 bits per heavy atom. The molecule has 2 aromatic carbocycles. The number of phenols is 1. The second-order valence-corrected chi connectivity index (χ2v) is 7.11. The van der Waals surface area contributed by atoms with Crippen LogP contribution in [-0.2, 0) is 14.8 Å². The first kappa shape index (κ1) is 18.3. The van der Waals surface area contributed by atoms with Crippen molar-refractivity contribution < 1.29 is 28.2 Å². The summed E-state index contributed by atoms with van der Waals surface area (Å²) in [6.45, 7) is 0. The zero-order chi connectivity index (χ0) is 19.6. The van der Waals surface area contributed by atoms with E-state index in [1.165, 1.54) is 43.7 Å². The summed E-state index contributed by atoms with van der Waals surface area (Å²) >= 11 is 0. The molecule has 27 heavy (non-hydrogen) atoms. The smallest absolute Gasteiger partial charge is 0.292 e. The summed E-state index contributed by atoms with van der Waals surface area (Å²) in [5.74, 6) is -1.28. The van der Waals surface area contributed by atoms with Crippen molar-refractivity contribution in [1.29, 1.82) is 0 Å². The van der Waals surface area contributed by atoms with Crippen LogP contribution in [0, 0.1) is 0 Å². The first-order valence-electron chi connectivity index (χ1n) is 7.59. The minimum absolute atomic E-state index is 0.0189. The number of methoxy groups -OCH3 is 1. The molecular formula is C17H15N3O6S. The highest BCUT2D eigenvalue weighted by Gasteiger charge is 2.32. The largest absolute Gasteiger partial charge is 0.505 e. The van der Waals surface area contributed by atoms with Crippen molar-refractivity contribution in [2.45, 2.75) is 4.90 Å². The molecule has 0 spiro atoms. The third-order valence-electron chi connectivity index (χ3n) is 3.71. The minimum Gasteiger partial charge on any atom is -0.505 e. The van der Waals surface area contributed by atoms with Crippen molar-refractivity contribution >= 4 is 27.9 Å². The van der Waals surface area contributed by atoms with Gasteiger partial charge in [0.1, 0.15) is 0 Å². The SMILES string of the molecule is COc1ccc(/C=N/NC(=O)C2=C(O)c3ccccc3S(=O)(=O)N2)cc1O. The molecule has 2 aromatic rings. The number of carbonyl (C=O) groups excluding carboxylic acids is 1. The fourth-order valence-corrected chi connectivity index (χ4v) is 3.71. The van der Waals surface area contributed by atoms with Crippen LogP contribution in [0.25, 0.3) is 5.76 Å². The van der Waals surface area contributed by atoms with Crippen LogP contribution in [0.3, 0.4) is 0 Å². The minimum atomic E-state index is -3.99. The maximum Gasteiger partial charge on any atom is 0.292 e. The molecule has 10 heteroatoms. The zero-order valence-corrected chi connectivity index (χ0v) is 14.8. The number of aromatic hydroxyl groups is 1. The van der Waals surface area contributed by atoms with Gasteiger partial charge >= 0.3 is 0 Å². The van der Waals surface area contributed by atoms with Gasteiger partial charge in [-0.25, -0.2) is 13.8 Å². The molecule has 3 rings (SSSR count). The van der Waals surface area contributed by atoms with Gasteiger partial charge in [-0.2, -0.15) is 5.10 Å². The van der Waals surface area contributed by atoms with Crippen LogP contribution < -0.4 is 14.9 Å². The number of ether oxygens (including phenoxy) is 1. The lowest BCUT2D eigenvalue weighted by Crippen LogP contribution is -2.37. The number of aliphatic hydroxyl groups excluding tert-OH is 1. The summed E-state index contributed by atoms with van der Waals surface area (Å²) in [4.78, 5) is 12.1. The van der Waals surface area contributed by atoms with Gasteiger partial charge < -0.3 is 14.9 Å². The number of amides is 1. The summed E-state index contributed by atoms with van der Waals surface area (Å²) in [7, 11) is -2.58. The Kier molecular flexibility index (Phi) is 4.74. The maximum absolute atomic E-state index is 12.2. The Labute approximate surface area is 154 Å². The normalized spacial score (nSPS) is 15.1. The van der Waals surface area contributed by atoms with Gasteiger partial charge in [0.2, 0.25) is 0 Å². The van der Waals surface area contributed by atoms with Crippen molar-refractivity contribution in [3.63, 3.8) is 0 Å². The molecule has 1 heterocycles. The van der Waals surface area contributed by atoms with Crippen LogP contribution in [0.5, 0.6) is 11.5 Å². The van der Waals surface area contributed by atoms with Crippen LogP contribution >= 0.6 is 0 Å². The molecule has 1 aliphatic rings. The van der Waals surface area contributed by atoms with Crippen LogP contribution in [0.1, 0.15) is 11.1 Å². The standard InChI is InChI=1S/C17H15N3O6S/c1-26-13-7-6-10(8-12(13)21)9-18-19-17(23)15-16(22)11-4-2-3-5-14(11)27(24,25)20-15/h2-9,20-22H,1H3,(H,19,23)/b18-9+. The summed E-state index contributed by atoms with van der Waals surface area (Å²) in [6, 6.07) is 10.2. The monoisotopic (exact) mass is 389 g/mol. The van der Waals surface area contributed by atoms with Gasteiger partial charge in [0, 0.05) is 5.56 Å². The topological polar surface area (TPSA) is 137 Å². The molecule has 0 saturated carbocycles. The molecule has 1 amide bonds. The average molecular weight is 389 g/mol. The highest BCUT2D eigenvalue weighted by Crippen LogP contribution is 2.28. The molecule has 4 N–H and O–H groups in total. The Bertz CT molecular complexity index is 1080. The fraction of sp³-hybridized carbons (Fsp3) is 0.0588. The number of phenolic OH excluding ortho intramolecular Hbond substituents is 1. The molecule has 0 bridgehead atoms. The maximum atomic E-state index is 12.2. The van der Waals surface area contributed by atoms with Crippen LogP contribution in [0.4, 0.5) is 0 Å². The van der Waals surface area contributed by atoms with Crippen molar-refractivity contribution in [2.75, 3.05) is 7.11 Å². The van der Waals surface area contributed by atoms with Gasteiger partial charge in [0.25, 0.3) is 15.9 Å². The lowest BCUT2D eigenvalue weighted by Gasteiger charge is -2.20. The Balaban J connectivity index is 1.81. The number of sulfonamides is 1.